The van der Waals surface area contributed by atoms with E-state index in [0.717, 1.165) is 37.1 Å². The van der Waals surface area contributed by atoms with Gasteiger partial charge in [0.2, 0.25) is 0 Å². The van der Waals surface area contributed by atoms with Gasteiger partial charge in [-0.2, -0.15) is 0 Å². The zero-order valence-corrected chi connectivity index (χ0v) is 20.4. The second-order valence-electron chi connectivity index (χ2n) is 8.77. The number of aliphatic hydroxyl groups excluding tert-OH is 1. The molecule has 3 heterocycles. The lowest BCUT2D eigenvalue weighted by molar-refractivity contribution is 0.0599. The molecular formula is C26H26Cl2N2O4. The highest BCUT2D eigenvalue weighted by Crippen LogP contribution is 2.34. The molecule has 0 amide bonds. The minimum atomic E-state index is -0.599. The van der Waals surface area contributed by atoms with Crippen LogP contribution in [0.25, 0.3) is 22.6 Å². The predicted octanol–water partition coefficient (Wildman–Crippen LogP) is 6.32. The average molecular weight is 501 g/mol. The number of benzene rings is 2. The van der Waals surface area contributed by atoms with Crippen LogP contribution in [-0.2, 0) is 0 Å². The van der Waals surface area contributed by atoms with Gasteiger partial charge in [0, 0.05) is 12.6 Å². The molecule has 8 heteroatoms. The molecule has 0 radical (unpaired) electrons. The van der Waals surface area contributed by atoms with E-state index in [4.69, 9.17) is 36.8 Å². The Morgan fingerprint density at radius 1 is 1.12 bits per heavy atom. The summed E-state index contributed by atoms with van der Waals surface area (Å²) in [5.74, 6) is 2.82. The maximum absolute atomic E-state index is 10.6. The number of hydrogen-bond acceptors (Lipinski definition) is 6. The Hall–Kier alpha value is -2.51. The van der Waals surface area contributed by atoms with Crippen LogP contribution in [0.15, 0.2) is 57.5 Å². The lowest BCUT2D eigenvalue weighted by atomic mass is 9.89. The monoisotopic (exact) mass is 500 g/mol. The fourth-order valence-electron chi connectivity index (χ4n) is 4.49. The van der Waals surface area contributed by atoms with Crippen LogP contribution in [0.3, 0.4) is 0 Å². The number of oxazole rings is 1. The Kier molecular flexibility index (Phi) is 6.84. The lowest BCUT2D eigenvalue weighted by Crippen LogP contribution is -2.40. The Morgan fingerprint density at radius 3 is 2.68 bits per heavy atom. The lowest BCUT2D eigenvalue weighted by Gasteiger charge is -2.33. The van der Waals surface area contributed by atoms with Crippen LogP contribution in [0.1, 0.15) is 30.1 Å². The Morgan fingerprint density at radius 2 is 1.94 bits per heavy atom. The first-order valence-corrected chi connectivity index (χ1v) is 12.2. The maximum atomic E-state index is 10.6. The highest BCUT2D eigenvalue weighted by atomic mass is 35.5. The van der Waals surface area contributed by atoms with Gasteiger partial charge in [0.25, 0.3) is 5.89 Å². The van der Waals surface area contributed by atoms with E-state index in [1.807, 2.05) is 43.3 Å². The van der Waals surface area contributed by atoms with Crippen LogP contribution in [-0.4, -0.2) is 47.3 Å². The van der Waals surface area contributed by atoms with Gasteiger partial charge in [0.15, 0.2) is 5.76 Å². The van der Waals surface area contributed by atoms with Crippen molar-refractivity contribution in [2.45, 2.75) is 31.8 Å². The van der Waals surface area contributed by atoms with E-state index in [2.05, 4.69) is 16.0 Å². The molecule has 1 atom stereocenters. The molecule has 0 bridgehead atoms. The van der Waals surface area contributed by atoms with Gasteiger partial charge in [0.1, 0.15) is 29.8 Å². The summed E-state index contributed by atoms with van der Waals surface area (Å²) < 4.78 is 17.4. The summed E-state index contributed by atoms with van der Waals surface area (Å²) in [6.45, 7) is 4.43. The number of hydrogen-bond donors (Lipinski definition) is 1. The molecule has 1 N–H and O–H groups in total. The molecule has 0 spiro atoms. The Bertz CT molecular complexity index is 1280. The summed E-state index contributed by atoms with van der Waals surface area (Å²) in [6.07, 6.45) is 3.09. The molecule has 6 nitrogen and oxygen atoms in total. The van der Waals surface area contributed by atoms with Crippen molar-refractivity contribution < 1.29 is 18.7 Å². The second kappa shape index (κ2) is 10.0. The number of halogens is 2. The van der Waals surface area contributed by atoms with Crippen LogP contribution in [0, 0.1) is 6.92 Å². The number of nitrogens with zero attached hydrogens (tertiary/aromatic N) is 2. The molecule has 5 rings (SSSR count). The van der Waals surface area contributed by atoms with Crippen LogP contribution >= 0.6 is 23.2 Å². The normalized spacial score (nSPS) is 16.2. The van der Waals surface area contributed by atoms with Crippen LogP contribution < -0.4 is 4.74 Å². The van der Waals surface area contributed by atoms with Crippen LogP contribution in [0.5, 0.6) is 5.75 Å². The van der Waals surface area contributed by atoms with E-state index in [1.54, 1.807) is 6.20 Å². The van der Waals surface area contributed by atoms with Crippen molar-refractivity contribution in [1.82, 2.24) is 9.88 Å². The number of β-amino-alcohol motifs (C(OH)–C–C–N with tert-alkyl or cyclic N) is 1. The highest BCUT2D eigenvalue weighted by molar-refractivity contribution is 6.42. The molecule has 1 aliphatic rings. The van der Waals surface area contributed by atoms with E-state index in [0.29, 0.717) is 45.5 Å². The average Bonchev–Trinajstić information content (AvgIpc) is 3.46. The third-order valence-electron chi connectivity index (χ3n) is 6.26. The first-order chi connectivity index (χ1) is 16.5. The zero-order chi connectivity index (χ0) is 23.7. The minimum absolute atomic E-state index is 0.199. The summed E-state index contributed by atoms with van der Waals surface area (Å²) in [4.78, 5) is 6.50. The number of furan rings is 1. The van der Waals surface area contributed by atoms with Crippen molar-refractivity contribution in [3.8, 4) is 17.4 Å². The van der Waals surface area contributed by atoms with Crippen molar-refractivity contribution >= 4 is 34.2 Å². The number of aliphatic hydroxyl groups is 1. The molecule has 0 saturated carbocycles. The van der Waals surface area contributed by atoms with Crippen molar-refractivity contribution in [3.63, 3.8) is 0 Å². The summed E-state index contributed by atoms with van der Waals surface area (Å²) in [7, 11) is 0. The smallest absolute Gasteiger partial charge is 0.263 e. The predicted molar refractivity (Wildman–Crippen MR) is 133 cm³/mol. The largest absolute Gasteiger partial charge is 0.490 e. The molecule has 4 aromatic rings. The third-order valence-corrected chi connectivity index (χ3v) is 7.00. The summed E-state index contributed by atoms with van der Waals surface area (Å²) >= 11 is 12.2. The summed E-state index contributed by atoms with van der Waals surface area (Å²) in [6, 6.07) is 13.4. The standard InChI is InChI=1S/C26H26Cl2N2O4/c1-16-13-29-26(33-16)25-12-20-23(3-2-4-24(20)34-25)32-15-19(31)14-30-9-7-17(8-10-30)18-5-6-21(27)22(28)11-18/h2-6,11-13,17,19,31H,7-10,14-15H2,1H3/t19-/m0/s1. The van der Waals surface area contributed by atoms with Gasteiger partial charge >= 0.3 is 0 Å². The molecule has 34 heavy (non-hydrogen) atoms. The number of aromatic nitrogens is 1. The molecule has 1 fully saturated rings. The van der Waals surface area contributed by atoms with Crippen molar-refractivity contribution in [2.24, 2.45) is 0 Å². The van der Waals surface area contributed by atoms with Gasteiger partial charge in [-0.1, -0.05) is 35.3 Å². The SMILES string of the molecule is Cc1cnc(-c2cc3c(OC[C@@H](O)CN4CCC(c5ccc(Cl)c(Cl)c5)CC4)cccc3o2)o1. The van der Waals surface area contributed by atoms with Gasteiger partial charge in [-0.05, 0) is 68.6 Å². The van der Waals surface area contributed by atoms with E-state index in [1.165, 1.54) is 5.56 Å². The molecule has 0 aliphatic carbocycles. The van der Waals surface area contributed by atoms with E-state index in [-0.39, 0.29) is 6.61 Å². The molecule has 2 aromatic carbocycles. The number of piperidine rings is 1. The second-order valence-corrected chi connectivity index (χ2v) is 9.58. The molecule has 0 unspecified atom stereocenters. The minimum Gasteiger partial charge on any atom is -0.490 e. The topological polar surface area (TPSA) is 71.9 Å². The van der Waals surface area contributed by atoms with E-state index >= 15 is 0 Å². The number of likely N-dealkylation sites (tertiary alicyclic amines) is 1. The number of ether oxygens (including phenoxy) is 1. The van der Waals surface area contributed by atoms with Crippen LogP contribution in [0.2, 0.25) is 10.0 Å². The molecule has 178 valence electrons. The number of rotatable bonds is 7. The van der Waals surface area contributed by atoms with Crippen molar-refractivity contribution in [1.29, 1.82) is 0 Å². The zero-order valence-electron chi connectivity index (χ0n) is 18.8. The number of fused-ring (bicyclic) bond motifs is 1. The van der Waals surface area contributed by atoms with Gasteiger partial charge in [-0.25, -0.2) is 4.98 Å². The Balaban J connectivity index is 1.16. The van der Waals surface area contributed by atoms with E-state index < -0.39 is 6.10 Å². The first kappa shape index (κ1) is 23.2. The van der Waals surface area contributed by atoms with Gasteiger partial charge in [-0.15, -0.1) is 0 Å². The quantitative estimate of drug-likeness (QED) is 0.320. The summed E-state index contributed by atoms with van der Waals surface area (Å²) in [5, 5.41) is 12.6. The highest BCUT2D eigenvalue weighted by Gasteiger charge is 2.23. The third kappa shape index (κ3) is 5.10. The number of aryl methyl sites for hydroxylation is 1. The van der Waals surface area contributed by atoms with Gasteiger partial charge in [0.05, 0.1) is 21.6 Å². The molecular weight excluding hydrogens is 475 g/mol. The molecule has 1 aliphatic heterocycles. The summed E-state index contributed by atoms with van der Waals surface area (Å²) in [5.41, 5.74) is 1.91. The van der Waals surface area contributed by atoms with Gasteiger partial charge < -0.3 is 23.6 Å². The first-order valence-electron chi connectivity index (χ1n) is 11.4. The van der Waals surface area contributed by atoms with Crippen molar-refractivity contribution in [2.75, 3.05) is 26.2 Å². The van der Waals surface area contributed by atoms with Gasteiger partial charge in [-0.3, -0.25) is 0 Å². The maximum Gasteiger partial charge on any atom is 0.263 e. The Labute approximate surface area is 208 Å². The molecule has 2 aromatic heterocycles. The van der Waals surface area contributed by atoms with E-state index in [9.17, 15) is 5.11 Å². The fraction of sp³-hybridized carbons (Fsp3) is 0.346. The van der Waals surface area contributed by atoms with Crippen LogP contribution in [0.4, 0.5) is 0 Å². The molecule has 1 saturated heterocycles. The van der Waals surface area contributed by atoms with Crippen molar-refractivity contribution in [3.05, 3.63) is 70.0 Å². The fourth-order valence-corrected chi connectivity index (χ4v) is 4.79.